The molecule has 0 spiro atoms. The fourth-order valence-electron chi connectivity index (χ4n) is 3.08. The predicted molar refractivity (Wildman–Crippen MR) is 102 cm³/mol. The molecule has 1 amide bonds. The van der Waals surface area contributed by atoms with Crippen LogP contribution in [0.5, 0.6) is 5.75 Å². The molecule has 0 bridgehead atoms. The molecule has 2 aromatic carbocycles. The molecule has 1 saturated carbocycles. The van der Waals surface area contributed by atoms with Crippen LogP contribution in [0.25, 0.3) is 16.6 Å². The van der Waals surface area contributed by atoms with Crippen molar-refractivity contribution in [2.45, 2.75) is 25.4 Å². The number of carbonyl (C=O) groups is 1. The molecule has 1 aliphatic carbocycles. The van der Waals surface area contributed by atoms with E-state index in [1.54, 1.807) is 55.6 Å². The van der Waals surface area contributed by atoms with Gasteiger partial charge in [0.25, 0.3) is 5.56 Å². The summed E-state index contributed by atoms with van der Waals surface area (Å²) in [5.41, 5.74) is -0.0921. The molecule has 1 heterocycles. The molecule has 4 rings (SSSR count). The average molecular weight is 365 g/mol. The van der Waals surface area contributed by atoms with Crippen molar-refractivity contribution >= 4 is 16.8 Å². The Kier molecular flexibility index (Phi) is 4.27. The number of hydrogen-bond acceptors (Lipinski definition) is 4. The number of rotatable bonds is 5. The summed E-state index contributed by atoms with van der Waals surface area (Å²) in [6.45, 7) is -0.133. The van der Waals surface area contributed by atoms with Gasteiger partial charge >= 0.3 is 5.69 Å². The van der Waals surface area contributed by atoms with Gasteiger partial charge in [0.1, 0.15) is 12.3 Å². The molecule has 0 atom stereocenters. The Labute approximate surface area is 154 Å². The maximum atomic E-state index is 13.1. The van der Waals surface area contributed by atoms with Gasteiger partial charge in [0, 0.05) is 6.04 Å². The molecule has 1 N–H and O–H groups in total. The molecule has 0 unspecified atom stereocenters. The first-order valence-corrected chi connectivity index (χ1v) is 8.77. The predicted octanol–water partition coefficient (Wildman–Crippen LogP) is 1.44. The first-order valence-electron chi connectivity index (χ1n) is 8.77. The second kappa shape index (κ2) is 6.75. The second-order valence-corrected chi connectivity index (χ2v) is 6.57. The third-order valence-corrected chi connectivity index (χ3v) is 4.63. The third kappa shape index (κ3) is 3.23. The minimum absolute atomic E-state index is 0.133. The molecule has 7 nitrogen and oxygen atoms in total. The van der Waals surface area contributed by atoms with E-state index in [0.29, 0.717) is 22.3 Å². The van der Waals surface area contributed by atoms with Crippen molar-refractivity contribution in [3.8, 4) is 11.4 Å². The number of nitrogens with zero attached hydrogens (tertiary/aromatic N) is 2. The number of nitrogens with one attached hydrogen (secondary N) is 1. The van der Waals surface area contributed by atoms with E-state index in [0.717, 1.165) is 17.4 Å². The number of carbonyl (C=O) groups excluding carboxylic acids is 1. The van der Waals surface area contributed by atoms with E-state index in [1.165, 1.54) is 4.57 Å². The van der Waals surface area contributed by atoms with Crippen LogP contribution >= 0.6 is 0 Å². The van der Waals surface area contributed by atoms with Gasteiger partial charge in [0.15, 0.2) is 0 Å². The van der Waals surface area contributed by atoms with Gasteiger partial charge in [0.2, 0.25) is 5.91 Å². The topological polar surface area (TPSA) is 82.3 Å². The fourth-order valence-corrected chi connectivity index (χ4v) is 3.08. The number of hydrogen-bond donors (Lipinski definition) is 1. The zero-order chi connectivity index (χ0) is 19.0. The van der Waals surface area contributed by atoms with Gasteiger partial charge < -0.3 is 10.1 Å². The van der Waals surface area contributed by atoms with Crippen LogP contribution < -0.4 is 21.3 Å². The second-order valence-electron chi connectivity index (χ2n) is 6.57. The van der Waals surface area contributed by atoms with Crippen LogP contribution in [-0.2, 0) is 11.3 Å². The first kappa shape index (κ1) is 17.1. The number of amides is 1. The SMILES string of the molecule is COc1ccc(-n2c(=O)c3ccccc3n(CC(=O)NC3CC3)c2=O)cc1. The Morgan fingerprint density at radius 3 is 2.48 bits per heavy atom. The Bertz CT molecular complexity index is 1120. The van der Waals surface area contributed by atoms with E-state index in [2.05, 4.69) is 5.32 Å². The zero-order valence-electron chi connectivity index (χ0n) is 14.8. The van der Waals surface area contributed by atoms with Crippen molar-refractivity contribution in [3.63, 3.8) is 0 Å². The van der Waals surface area contributed by atoms with Crippen molar-refractivity contribution in [3.05, 3.63) is 69.4 Å². The molecule has 1 aliphatic rings. The third-order valence-electron chi connectivity index (χ3n) is 4.63. The van der Waals surface area contributed by atoms with Gasteiger partial charge in [-0.1, -0.05) is 12.1 Å². The molecule has 0 radical (unpaired) electrons. The molecule has 0 saturated heterocycles. The molecule has 1 fully saturated rings. The minimum Gasteiger partial charge on any atom is -0.497 e. The summed E-state index contributed by atoms with van der Waals surface area (Å²) in [6, 6.07) is 13.7. The molecule has 138 valence electrons. The molecular weight excluding hydrogens is 346 g/mol. The van der Waals surface area contributed by atoms with Crippen molar-refractivity contribution < 1.29 is 9.53 Å². The van der Waals surface area contributed by atoms with Gasteiger partial charge in [0.05, 0.1) is 23.7 Å². The van der Waals surface area contributed by atoms with E-state index in [9.17, 15) is 14.4 Å². The standard InChI is InChI=1S/C20H19N3O4/c1-27-15-10-8-14(9-11-15)23-19(25)16-4-2-3-5-17(16)22(20(23)26)12-18(24)21-13-6-7-13/h2-5,8-11,13H,6-7,12H2,1H3,(H,21,24). The van der Waals surface area contributed by atoms with Crippen LogP contribution in [0, 0.1) is 0 Å². The van der Waals surface area contributed by atoms with E-state index < -0.39 is 11.2 Å². The fraction of sp³-hybridized carbons (Fsp3) is 0.250. The number of para-hydroxylation sites is 1. The molecule has 7 heteroatoms. The van der Waals surface area contributed by atoms with E-state index in [4.69, 9.17) is 4.74 Å². The maximum absolute atomic E-state index is 13.1. The van der Waals surface area contributed by atoms with Crippen LogP contribution in [0.2, 0.25) is 0 Å². The normalized spacial score (nSPS) is 13.5. The van der Waals surface area contributed by atoms with Crippen molar-refractivity contribution in [1.29, 1.82) is 0 Å². The molecule has 3 aromatic rings. The number of benzene rings is 2. The first-order chi connectivity index (χ1) is 13.1. The van der Waals surface area contributed by atoms with Gasteiger partial charge in [-0.15, -0.1) is 0 Å². The smallest absolute Gasteiger partial charge is 0.336 e. The summed E-state index contributed by atoms with van der Waals surface area (Å²) in [5, 5.41) is 3.26. The summed E-state index contributed by atoms with van der Waals surface area (Å²) < 4.78 is 7.57. The van der Waals surface area contributed by atoms with Gasteiger partial charge in [-0.25, -0.2) is 9.36 Å². The van der Waals surface area contributed by atoms with Crippen molar-refractivity contribution in [2.24, 2.45) is 0 Å². The van der Waals surface area contributed by atoms with Crippen molar-refractivity contribution in [2.75, 3.05) is 7.11 Å². The Morgan fingerprint density at radius 1 is 1.11 bits per heavy atom. The summed E-state index contributed by atoms with van der Waals surface area (Å²) in [6.07, 6.45) is 1.93. The monoisotopic (exact) mass is 365 g/mol. The minimum atomic E-state index is -0.546. The van der Waals surface area contributed by atoms with Gasteiger partial charge in [-0.05, 0) is 49.2 Å². The largest absolute Gasteiger partial charge is 0.497 e. The highest BCUT2D eigenvalue weighted by atomic mass is 16.5. The lowest BCUT2D eigenvalue weighted by Gasteiger charge is -2.14. The molecular formula is C20H19N3O4. The van der Waals surface area contributed by atoms with E-state index in [-0.39, 0.29) is 18.5 Å². The van der Waals surface area contributed by atoms with E-state index >= 15 is 0 Å². The molecule has 1 aromatic heterocycles. The van der Waals surface area contributed by atoms with E-state index in [1.807, 2.05) is 0 Å². The lowest BCUT2D eigenvalue weighted by molar-refractivity contribution is -0.121. The Hall–Kier alpha value is -3.35. The van der Waals surface area contributed by atoms with Gasteiger partial charge in [-0.3, -0.25) is 14.2 Å². The average Bonchev–Trinajstić information content (AvgIpc) is 3.50. The molecule has 0 aliphatic heterocycles. The maximum Gasteiger partial charge on any atom is 0.336 e. The Morgan fingerprint density at radius 2 is 1.81 bits per heavy atom. The zero-order valence-corrected chi connectivity index (χ0v) is 14.8. The number of aromatic nitrogens is 2. The van der Waals surface area contributed by atoms with Crippen LogP contribution in [0.4, 0.5) is 0 Å². The summed E-state index contributed by atoms with van der Waals surface area (Å²) in [4.78, 5) is 38.4. The number of fused-ring (bicyclic) bond motifs is 1. The quantitative estimate of drug-likeness (QED) is 0.742. The van der Waals surface area contributed by atoms with Crippen molar-refractivity contribution in [1.82, 2.24) is 14.5 Å². The van der Waals surface area contributed by atoms with Crippen LogP contribution in [0.1, 0.15) is 12.8 Å². The summed E-state index contributed by atoms with van der Waals surface area (Å²) in [5.74, 6) is 0.390. The van der Waals surface area contributed by atoms with Crippen LogP contribution in [0.3, 0.4) is 0 Å². The summed E-state index contributed by atoms with van der Waals surface area (Å²) in [7, 11) is 1.54. The highest BCUT2D eigenvalue weighted by Gasteiger charge is 2.24. The highest BCUT2D eigenvalue weighted by molar-refractivity contribution is 5.82. The lowest BCUT2D eigenvalue weighted by atomic mass is 10.2. The summed E-state index contributed by atoms with van der Waals surface area (Å²) >= 11 is 0. The van der Waals surface area contributed by atoms with Gasteiger partial charge in [-0.2, -0.15) is 0 Å². The Balaban J connectivity index is 1.89. The molecule has 27 heavy (non-hydrogen) atoms. The van der Waals surface area contributed by atoms with Crippen LogP contribution in [-0.4, -0.2) is 28.2 Å². The highest BCUT2D eigenvalue weighted by Crippen LogP contribution is 2.19. The van der Waals surface area contributed by atoms with Crippen LogP contribution in [0.15, 0.2) is 58.1 Å². The lowest BCUT2D eigenvalue weighted by Crippen LogP contribution is -2.42. The number of ether oxygens (including phenoxy) is 1. The number of methoxy groups -OCH3 is 1.